The summed E-state index contributed by atoms with van der Waals surface area (Å²) >= 11 is 5.79. The van der Waals surface area contributed by atoms with Crippen molar-refractivity contribution in [2.24, 2.45) is 0 Å². The molecule has 0 radical (unpaired) electrons. The van der Waals surface area contributed by atoms with Gasteiger partial charge in [-0.2, -0.15) is 0 Å². The number of halogens is 1. The standard InChI is InChI=1S/C14H12ClNO2/c1-18-14-11(3-2-4-12(14)16)13(17)9-5-7-10(15)8-6-9/h2-8H,16H2,1H3. The van der Waals surface area contributed by atoms with Crippen LogP contribution in [0.2, 0.25) is 5.02 Å². The van der Waals surface area contributed by atoms with Crippen LogP contribution in [-0.2, 0) is 0 Å². The van der Waals surface area contributed by atoms with Crippen molar-refractivity contribution in [1.82, 2.24) is 0 Å². The lowest BCUT2D eigenvalue weighted by molar-refractivity contribution is 0.103. The molecule has 2 aromatic carbocycles. The predicted octanol–water partition coefficient (Wildman–Crippen LogP) is 3.16. The van der Waals surface area contributed by atoms with Crippen molar-refractivity contribution < 1.29 is 9.53 Å². The van der Waals surface area contributed by atoms with Gasteiger partial charge in [0.25, 0.3) is 0 Å². The molecule has 0 aliphatic rings. The topological polar surface area (TPSA) is 52.3 Å². The van der Waals surface area contributed by atoms with Crippen LogP contribution in [0.4, 0.5) is 5.69 Å². The Labute approximate surface area is 110 Å². The first-order valence-electron chi connectivity index (χ1n) is 5.36. The average Bonchev–Trinajstić information content (AvgIpc) is 2.38. The van der Waals surface area contributed by atoms with Crippen LogP contribution in [-0.4, -0.2) is 12.9 Å². The van der Waals surface area contributed by atoms with E-state index in [1.165, 1.54) is 7.11 Å². The summed E-state index contributed by atoms with van der Waals surface area (Å²) in [6, 6.07) is 11.8. The van der Waals surface area contributed by atoms with Crippen LogP contribution in [0, 0.1) is 0 Å². The molecule has 0 aromatic heterocycles. The van der Waals surface area contributed by atoms with Gasteiger partial charge in [-0.25, -0.2) is 0 Å². The van der Waals surface area contributed by atoms with Crippen LogP contribution in [0.25, 0.3) is 0 Å². The third kappa shape index (κ3) is 2.31. The van der Waals surface area contributed by atoms with Crippen LogP contribution in [0.15, 0.2) is 42.5 Å². The van der Waals surface area contributed by atoms with Gasteiger partial charge in [0.1, 0.15) is 0 Å². The van der Waals surface area contributed by atoms with Crippen LogP contribution < -0.4 is 10.5 Å². The number of para-hydroxylation sites is 1. The SMILES string of the molecule is COc1c(N)cccc1C(=O)c1ccc(Cl)cc1. The van der Waals surface area contributed by atoms with E-state index in [4.69, 9.17) is 22.1 Å². The number of carbonyl (C=O) groups is 1. The highest BCUT2D eigenvalue weighted by Crippen LogP contribution is 2.28. The van der Waals surface area contributed by atoms with E-state index < -0.39 is 0 Å². The number of hydrogen-bond acceptors (Lipinski definition) is 3. The zero-order valence-corrected chi connectivity index (χ0v) is 10.6. The van der Waals surface area contributed by atoms with Gasteiger partial charge in [-0.15, -0.1) is 0 Å². The van der Waals surface area contributed by atoms with Gasteiger partial charge in [-0.05, 0) is 36.4 Å². The molecule has 2 N–H and O–H groups in total. The fourth-order valence-corrected chi connectivity index (χ4v) is 1.84. The van der Waals surface area contributed by atoms with Gasteiger partial charge in [0, 0.05) is 10.6 Å². The van der Waals surface area contributed by atoms with Gasteiger partial charge in [-0.3, -0.25) is 4.79 Å². The molecule has 2 rings (SSSR count). The molecule has 3 nitrogen and oxygen atoms in total. The molecule has 0 heterocycles. The maximum absolute atomic E-state index is 12.3. The highest BCUT2D eigenvalue weighted by molar-refractivity contribution is 6.30. The van der Waals surface area contributed by atoms with Gasteiger partial charge >= 0.3 is 0 Å². The Kier molecular flexibility index (Phi) is 3.53. The summed E-state index contributed by atoms with van der Waals surface area (Å²) in [6.45, 7) is 0. The van der Waals surface area contributed by atoms with Gasteiger partial charge in [0.15, 0.2) is 11.5 Å². The molecule has 0 unspecified atom stereocenters. The Morgan fingerprint density at radius 3 is 2.44 bits per heavy atom. The first-order valence-corrected chi connectivity index (χ1v) is 5.74. The number of carbonyl (C=O) groups excluding carboxylic acids is 1. The molecule has 0 aliphatic heterocycles. The summed E-state index contributed by atoms with van der Waals surface area (Å²) in [5, 5.41) is 0.589. The highest BCUT2D eigenvalue weighted by Gasteiger charge is 2.15. The predicted molar refractivity (Wildman–Crippen MR) is 72.3 cm³/mol. The van der Waals surface area contributed by atoms with Gasteiger partial charge < -0.3 is 10.5 Å². The third-order valence-electron chi connectivity index (χ3n) is 2.60. The summed E-state index contributed by atoms with van der Waals surface area (Å²) in [7, 11) is 1.49. The van der Waals surface area contributed by atoms with Gasteiger partial charge in [0.2, 0.25) is 0 Å². The fourth-order valence-electron chi connectivity index (χ4n) is 1.72. The van der Waals surface area contributed by atoms with Crippen molar-refractivity contribution >= 4 is 23.1 Å². The molecule has 18 heavy (non-hydrogen) atoms. The minimum absolute atomic E-state index is 0.143. The number of rotatable bonds is 3. The minimum Gasteiger partial charge on any atom is -0.494 e. The molecule has 0 aliphatic carbocycles. The molecule has 0 fully saturated rings. The Bertz CT molecular complexity index is 579. The number of benzene rings is 2. The second-order valence-corrected chi connectivity index (χ2v) is 4.20. The van der Waals surface area contributed by atoms with Crippen molar-refractivity contribution in [3.8, 4) is 5.75 Å². The summed E-state index contributed by atoms with van der Waals surface area (Å²) in [6.07, 6.45) is 0. The van der Waals surface area contributed by atoms with E-state index in [9.17, 15) is 4.79 Å². The number of anilines is 1. The number of ether oxygens (including phenoxy) is 1. The molecular weight excluding hydrogens is 250 g/mol. The largest absolute Gasteiger partial charge is 0.494 e. The van der Waals surface area contributed by atoms with Crippen molar-refractivity contribution in [2.45, 2.75) is 0 Å². The number of nitrogen functional groups attached to an aromatic ring is 1. The quantitative estimate of drug-likeness (QED) is 0.682. The Hall–Kier alpha value is -2.00. The molecule has 4 heteroatoms. The van der Waals surface area contributed by atoms with Gasteiger partial charge in [-0.1, -0.05) is 17.7 Å². The maximum atomic E-state index is 12.3. The van der Waals surface area contributed by atoms with Crippen LogP contribution in [0.3, 0.4) is 0 Å². The molecule has 0 spiro atoms. The Morgan fingerprint density at radius 1 is 1.17 bits per heavy atom. The van der Waals surface area contributed by atoms with Crippen molar-refractivity contribution in [3.63, 3.8) is 0 Å². The van der Waals surface area contributed by atoms with Crippen molar-refractivity contribution in [3.05, 3.63) is 58.6 Å². The average molecular weight is 262 g/mol. The molecule has 2 aromatic rings. The second-order valence-electron chi connectivity index (χ2n) is 3.76. The lowest BCUT2D eigenvalue weighted by Crippen LogP contribution is -2.05. The van der Waals surface area contributed by atoms with E-state index in [0.717, 1.165) is 0 Å². The molecule has 92 valence electrons. The van der Waals surface area contributed by atoms with Crippen molar-refractivity contribution in [2.75, 3.05) is 12.8 Å². The van der Waals surface area contributed by atoms with Crippen LogP contribution in [0.5, 0.6) is 5.75 Å². The molecular formula is C14H12ClNO2. The minimum atomic E-state index is -0.143. The van der Waals surface area contributed by atoms with E-state index in [-0.39, 0.29) is 5.78 Å². The molecule has 0 saturated heterocycles. The summed E-state index contributed by atoms with van der Waals surface area (Å²) in [4.78, 5) is 12.3. The lowest BCUT2D eigenvalue weighted by atomic mass is 10.0. The first kappa shape index (κ1) is 12.5. The summed E-state index contributed by atoms with van der Waals surface area (Å²) in [5.41, 5.74) is 7.20. The monoisotopic (exact) mass is 261 g/mol. The molecule has 0 saturated carbocycles. The number of ketones is 1. The lowest BCUT2D eigenvalue weighted by Gasteiger charge is -2.10. The van der Waals surface area contributed by atoms with E-state index in [0.29, 0.717) is 27.6 Å². The Balaban J connectivity index is 2.46. The fraction of sp³-hybridized carbons (Fsp3) is 0.0714. The van der Waals surface area contributed by atoms with E-state index in [1.54, 1.807) is 42.5 Å². The molecule has 0 amide bonds. The zero-order chi connectivity index (χ0) is 13.1. The number of nitrogens with two attached hydrogens (primary N) is 1. The third-order valence-corrected chi connectivity index (χ3v) is 2.85. The molecule has 0 bridgehead atoms. The summed E-state index contributed by atoms with van der Waals surface area (Å²) < 4.78 is 5.17. The van der Waals surface area contributed by atoms with Crippen LogP contribution in [0.1, 0.15) is 15.9 Å². The van der Waals surface area contributed by atoms with E-state index in [2.05, 4.69) is 0 Å². The summed E-state index contributed by atoms with van der Waals surface area (Å²) in [5.74, 6) is 0.258. The normalized spacial score (nSPS) is 10.1. The van der Waals surface area contributed by atoms with E-state index >= 15 is 0 Å². The highest BCUT2D eigenvalue weighted by atomic mass is 35.5. The second kappa shape index (κ2) is 5.10. The van der Waals surface area contributed by atoms with E-state index in [1.807, 2.05) is 0 Å². The van der Waals surface area contributed by atoms with Crippen molar-refractivity contribution in [1.29, 1.82) is 0 Å². The van der Waals surface area contributed by atoms with Crippen LogP contribution >= 0.6 is 11.6 Å². The maximum Gasteiger partial charge on any atom is 0.196 e. The number of methoxy groups -OCH3 is 1. The molecule has 0 atom stereocenters. The number of hydrogen-bond donors (Lipinski definition) is 1. The Morgan fingerprint density at radius 2 is 1.83 bits per heavy atom. The zero-order valence-electron chi connectivity index (χ0n) is 9.81. The smallest absolute Gasteiger partial charge is 0.196 e. The first-order chi connectivity index (χ1) is 8.63. The van der Waals surface area contributed by atoms with Gasteiger partial charge in [0.05, 0.1) is 18.4 Å².